The number of para-hydroxylation sites is 1. The van der Waals surface area contributed by atoms with Crippen LogP contribution in [-0.4, -0.2) is 47.9 Å². The Morgan fingerprint density at radius 2 is 2.15 bits per heavy atom. The van der Waals surface area contributed by atoms with Crippen LogP contribution in [-0.2, 0) is 0 Å². The Hall–Kier alpha value is -2.66. The van der Waals surface area contributed by atoms with Crippen LogP contribution in [0.2, 0.25) is 0 Å². The molecular weight excluding hydrogens is 326 g/mol. The molecule has 0 aliphatic carbocycles. The number of hydrogen-bond acceptors (Lipinski definition) is 4. The number of furan rings is 1. The molecule has 1 amide bonds. The fourth-order valence-electron chi connectivity index (χ4n) is 4.01. The number of likely N-dealkylation sites (tertiary alicyclic amines) is 1. The number of nitrogens with zero attached hydrogens (tertiary/aromatic N) is 3. The first-order valence-electron chi connectivity index (χ1n) is 8.97. The van der Waals surface area contributed by atoms with E-state index in [2.05, 4.69) is 23.0 Å². The zero-order valence-electron chi connectivity index (χ0n) is 15.1. The third-order valence-corrected chi connectivity index (χ3v) is 5.29. The summed E-state index contributed by atoms with van der Waals surface area (Å²) in [5.41, 5.74) is 1.96. The smallest absolute Gasteiger partial charge is 0.289 e. The van der Waals surface area contributed by atoms with Crippen LogP contribution in [0.5, 0.6) is 0 Å². The summed E-state index contributed by atoms with van der Waals surface area (Å²) >= 11 is 0. The van der Waals surface area contributed by atoms with Gasteiger partial charge in [0.2, 0.25) is 0 Å². The lowest BCUT2D eigenvalue weighted by atomic mass is 9.94. The Bertz CT molecular complexity index is 873. The van der Waals surface area contributed by atoms with Crippen molar-refractivity contribution in [3.05, 3.63) is 66.2 Å². The largest absolute Gasteiger partial charge is 0.451 e. The summed E-state index contributed by atoms with van der Waals surface area (Å²) in [4.78, 5) is 21.2. The van der Waals surface area contributed by atoms with Gasteiger partial charge in [-0.1, -0.05) is 24.3 Å². The van der Waals surface area contributed by atoms with E-state index in [0.717, 1.165) is 23.9 Å². The topological polar surface area (TPSA) is 49.6 Å². The summed E-state index contributed by atoms with van der Waals surface area (Å²) in [5.74, 6) is 0.709. The standard InChI is InChI=1S/C21H23N3O2/c1-23-11-9-17(20(23)16-7-5-10-22-13-16)14-24(2)21(25)19-12-15-6-3-4-8-18(15)26-19/h3-8,10,12-13,17,20H,9,11,14H2,1-2H3/t17-,20-/m0/s1. The number of carbonyl (C=O) groups is 1. The van der Waals surface area contributed by atoms with Gasteiger partial charge < -0.3 is 9.32 Å². The molecule has 3 aromatic rings. The normalized spacial score (nSPS) is 20.5. The third-order valence-electron chi connectivity index (χ3n) is 5.29. The Kier molecular flexibility index (Phi) is 4.47. The van der Waals surface area contributed by atoms with Crippen LogP contribution in [0.25, 0.3) is 11.0 Å². The monoisotopic (exact) mass is 349 g/mol. The fraction of sp³-hybridized carbons (Fsp3) is 0.333. The first-order valence-corrected chi connectivity index (χ1v) is 8.97. The van der Waals surface area contributed by atoms with E-state index < -0.39 is 0 Å². The van der Waals surface area contributed by atoms with Crippen molar-refractivity contribution >= 4 is 16.9 Å². The summed E-state index contributed by atoms with van der Waals surface area (Å²) in [7, 11) is 3.99. The molecule has 26 heavy (non-hydrogen) atoms. The number of amides is 1. The fourth-order valence-corrected chi connectivity index (χ4v) is 4.01. The molecule has 2 atom stereocenters. The number of pyridine rings is 1. The predicted octanol–water partition coefficient (Wildman–Crippen LogP) is 3.59. The van der Waals surface area contributed by atoms with Gasteiger partial charge in [-0.2, -0.15) is 0 Å². The van der Waals surface area contributed by atoms with Gasteiger partial charge in [0.05, 0.1) is 0 Å². The molecule has 4 rings (SSSR count). The second-order valence-electron chi connectivity index (χ2n) is 7.09. The zero-order valence-corrected chi connectivity index (χ0v) is 15.1. The van der Waals surface area contributed by atoms with Crippen molar-refractivity contribution in [3.63, 3.8) is 0 Å². The van der Waals surface area contributed by atoms with Gasteiger partial charge in [-0.15, -0.1) is 0 Å². The molecule has 0 radical (unpaired) electrons. The average molecular weight is 349 g/mol. The molecule has 134 valence electrons. The SMILES string of the molecule is CN(C[C@@H]1CCN(C)[C@H]1c1cccnc1)C(=O)c1cc2ccccc2o1. The highest BCUT2D eigenvalue weighted by Gasteiger charge is 2.34. The molecule has 5 heteroatoms. The van der Waals surface area contributed by atoms with Crippen LogP contribution in [0.15, 0.2) is 59.3 Å². The van der Waals surface area contributed by atoms with E-state index in [-0.39, 0.29) is 11.9 Å². The Labute approximate surface area is 153 Å². The van der Waals surface area contributed by atoms with Gasteiger partial charge in [0.1, 0.15) is 5.58 Å². The van der Waals surface area contributed by atoms with Crippen LogP contribution in [0, 0.1) is 5.92 Å². The van der Waals surface area contributed by atoms with Gasteiger partial charge in [-0.3, -0.25) is 14.7 Å². The number of aromatic nitrogens is 1. The van der Waals surface area contributed by atoms with Crippen LogP contribution < -0.4 is 0 Å². The maximum atomic E-state index is 12.8. The number of benzene rings is 1. The molecule has 0 spiro atoms. The van der Waals surface area contributed by atoms with Gasteiger partial charge in [-0.25, -0.2) is 0 Å². The van der Waals surface area contributed by atoms with E-state index in [9.17, 15) is 4.79 Å². The maximum Gasteiger partial charge on any atom is 0.289 e. The van der Waals surface area contributed by atoms with Crippen LogP contribution in [0.3, 0.4) is 0 Å². The molecule has 0 N–H and O–H groups in total. The molecule has 1 saturated heterocycles. The van der Waals surface area contributed by atoms with Crippen molar-refractivity contribution in [1.82, 2.24) is 14.8 Å². The highest BCUT2D eigenvalue weighted by molar-refractivity contribution is 5.95. The minimum absolute atomic E-state index is 0.0688. The quantitative estimate of drug-likeness (QED) is 0.722. The number of hydrogen-bond donors (Lipinski definition) is 0. The molecule has 0 saturated carbocycles. The van der Waals surface area contributed by atoms with Gasteiger partial charge in [-0.05, 0) is 49.7 Å². The molecule has 1 fully saturated rings. The third kappa shape index (κ3) is 3.10. The maximum absolute atomic E-state index is 12.8. The summed E-state index contributed by atoms with van der Waals surface area (Å²) in [6.07, 6.45) is 4.79. The lowest BCUT2D eigenvalue weighted by molar-refractivity contribution is 0.0731. The molecular formula is C21H23N3O2. The molecule has 2 aromatic heterocycles. The summed E-state index contributed by atoms with van der Waals surface area (Å²) in [5, 5.41) is 0.957. The van der Waals surface area contributed by atoms with E-state index >= 15 is 0 Å². The van der Waals surface area contributed by atoms with Crippen molar-refractivity contribution in [2.24, 2.45) is 5.92 Å². The first-order chi connectivity index (χ1) is 12.6. The highest BCUT2D eigenvalue weighted by Crippen LogP contribution is 2.36. The minimum Gasteiger partial charge on any atom is -0.451 e. The highest BCUT2D eigenvalue weighted by atomic mass is 16.3. The summed E-state index contributed by atoms with van der Waals surface area (Å²) in [6, 6.07) is 13.9. The van der Waals surface area contributed by atoms with E-state index in [1.807, 2.05) is 49.6 Å². The molecule has 0 unspecified atom stereocenters. The summed E-state index contributed by atoms with van der Waals surface area (Å²) in [6.45, 7) is 1.72. The van der Waals surface area contributed by atoms with Crippen molar-refractivity contribution in [1.29, 1.82) is 0 Å². The van der Waals surface area contributed by atoms with Gasteiger partial charge >= 0.3 is 0 Å². The lowest BCUT2D eigenvalue weighted by Crippen LogP contribution is -2.34. The van der Waals surface area contributed by atoms with Crippen LogP contribution in [0.4, 0.5) is 0 Å². The van der Waals surface area contributed by atoms with Crippen LogP contribution in [0.1, 0.15) is 28.6 Å². The second-order valence-corrected chi connectivity index (χ2v) is 7.09. The molecule has 1 aromatic carbocycles. The van der Waals surface area contributed by atoms with Crippen molar-refractivity contribution < 1.29 is 9.21 Å². The Morgan fingerprint density at radius 1 is 1.31 bits per heavy atom. The lowest BCUT2D eigenvalue weighted by Gasteiger charge is -2.28. The van der Waals surface area contributed by atoms with Crippen molar-refractivity contribution in [3.8, 4) is 0 Å². The molecule has 1 aliphatic rings. The number of carbonyl (C=O) groups excluding carboxylic acids is 1. The second kappa shape index (κ2) is 6.92. The zero-order chi connectivity index (χ0) is 18.1. The summed E-state index contributed by atoms with van der Waals surface area (Å²) < 4.78 is 5.74. The van der Waals surface area contributed by atoms with E-state index in [0.29, 0.717) is 18.2 Å². The van der Waals surface area contributed by atoms with Crippen LogP contribution >= 0.6 is 0 Å². The van der Waals surface area contributed by atoms with Gasteiger partial charge in [0, 0.05) is 37.4 Å². The van der Waals surface area contributed by atoms with Crippen molar-refractivity contribution in [2.75, 3.05) is 27.2 Å². The minimum atomic E-state index is -0.0688. The predicted molar refractivity (Wildman–Crippen MR) is 101 cm³/mol. The molecule has 3 heterocycles. The number of rotatable bonds is 4. The Morgan fingerprint density at radius 3 is 2.92 bits per heavy atom. The Balaban J connectivity index is 1.51. The van der Waals surface area contributed by atoms with E-state index in [1.54, 1.807) is 11.1 Å². The van der Waals surface area contributed by atoms with Gasteiger partial charge in [0.25, 0.3) is 5.91 Å². The molecule has 5 nitrogen and oxygen atoms in total. The first kappa shape index (κ1) is 16.8. The van der Waals surface area contributed by atoms with Crippen molar-refractivity contribution in [2.45, 2.75) is 12.5 Å². The average Bonchev–Trinajstić information content (AvgIpc) is 3.25. The van der Waals surface area contributed by atoms with Gasteiger partial charge in [0.15, 0.2) is 5.76 Å². The van der Waals surface area contributed by atoms with E-state index in [4.69, 9.17) is 4.42 Å². The number of fused-ring (bicyclic) bond motifs is 1. The molecule has 1 aliphatic heterocycles. The molecule has 0 bridgehead atoms. The van der Waals surface area contributed by atoms with E-state index in [1.165, 1.54) is 5.56 Å².